The second kappa shape index (κ2) is 7.65. The molecule has 2 aromatic rings. The number of aromatic amines is 1. The van der Waals surface area contributed by atoms with Crippen LogP contribution < -0.4 is 11.1 Å². The molecular weight excluding hydrogens is 278 g/mol. The molecule has 2 heterocycles. The Bertz CT molecular complexity index is 688. The summed E-state index contributed by atoms with van der Waals surface area (Å²) in [7, 11) is 0. The molecule has 0 aliphatic heterocycles. The number of nitrogens with one attached hydrogen (secondary N) is 2. The van der Waals surface area contributed by atoms with E-state index in [0.717, 1.165) is 43.7 Å². The Balaban J connectivity index is 1.65. The summed E-state index contributed by atoms with van der Waals surface area (Å²) in [6.07, 6.45) is 5.29. The highest BCUT2D eigenvalue weighted by atomic mass is 15.2. The van der Waals surface area contributed by atoms with Crippen LogP contribution >= 0.6 is 0 Å². The number of unbranched alkanes of at least 4 members (excludes halogenated alkanes) is 2. The first-order valence-corrected chi connectivity index (χ1v) is 7.07. The molecule has 0 aliphatic carbocycles. The number of aryl methyl sites for hydroxylation is 1. The minimum absolute atomic E-state index is 0.269. The average Bonchev–Trinajstić information content (AvgIpc) is 2.91. The lowest BCUT2D eigenvalue weighted by atomic mass is 10.1. The van der Waals surface area contributed by atoms with Gasteiger partial charge < -0.3 is 11.1 Å². The minimum Gasteiger partial charge on any atom is -0.381 e. The summed E-state index contributed by atoms with van der Waals surface area (Å²) in [5.74, 6) is 1.04. The SMILES string of the molecule is N#Cc1ccc(NCCCCCc2[nH]nc(N)c2C#N)nc1. The number of nitrogen functional groups attached to an aromatic ring is 1. The molecule has 0 aromatic carbocycles. The molecule has 2 aromatic heterocycles. The summed E-state index contributed by atoms with van der Waals surface area (Å²) in [5.41, 5.74) is 7.41. The van der Waals surface area contributed by atoms with Crippen LogP contribution in [0, 0.1) is 22.7 Å². The number of nitrogens with zero attached hydrogens (tertiary/aromatic N) is 4. The van der Waals surface area contributed by atoms with Crippen molar-refractivity contribution in [3.05, 3.63) is 35.2 Å². The van der Waals surface area contributed by atoms with Crippen molar-refractivity contribution < 1.29 is 0 Å². The summed E-state index contributed by atoms with van der Waals surface area (Å²) in [4.78, 5) is 4.14. The molecule has 0 amide bonds. The normalized spacial score (nSPS) is 9.91. The van der Waals surface area contributed by atoms with E-state index in [0.29, 0.717) is 11.1 Å². The Hall–Kier alpha value is -3.06. The summed E-state index contributed by atoms with van der Waals surface area (Å²) >= 11 is 0. The van der Waals surface area contributed by atoms with Gasteiger partial charge in [0.25, 0.3) is 0 Å². The third-order valence-corrected chi connectivity index (χ3v) is 3.28. The van der Waals surface area contributed by atoms with Gasteiger partial charge in [-0.3, -0.25) is 5.10 Å². The van der Waals surface area contributed by atoms with Crippen molar-refractivity contribution in [3.63, 3.8) is 0 Å². The fourth-order valence-corrected chi connectivity index (χ4v) is 2.08. The van der Waals surface area contributed by atoms with E-state index in [1.54, 1.807) is 18.3 Å². The fraction of sp³-hybridized carbons (Fsp3) is 0.333. The van der Waals surface area contributed by atoms with Gasteiger partial charge in [-0.15, -0.1) is 0 Å². The molecule has 7 heteroatoms. The van der Waals surface area contributed by atoms with Crippen LogP contribution in [-0.4, -0.2) is 21.7 Å². The summed E-state index contributed by atoms with van der Waals surface area (Å²) in [6, 6.07) is 7.63. The Morgan fingerprint density at radius 2 is 2.05 bits per heavy atom. The molecule has 7 nitrogen and oxygen atoms in total. The molecule has 0 aliphatic rings. The van der Waals surface area contributed by atoms with E-state index in [1.807, 2.05) is 6.07 Å². The van der Waals surface area contributed by atoms with E-state index >= 15 is 0 Å². The lowest BCUT2D eigenvalue weighted by molar-refractivity contribution is 0.687. The predicted octanol–water partition coefficient (Wildman–Crippen LogP) is 1.96. The molecule has 4 N–H and O–H groups in total. The van der Waals surface area contributed by atoms with Crippen LogP contribution in [-0.2, 0) is 6.42 Å². The zero-order valence-corrected chi connectivity index (χ0v) is 12.1. The van der Waals surface area contributed by atoms with Crippen LogP contribution in [0.25, 0.3) is 0 Å². The van der Waals surface area contributed by atoms with Gasteiger partial charge in [0.05, 0.1) is 11.3 Å². The number of nitriles is 2. The maximum absolute atomic E-state index is 8.97. The van der Waals surface area contributed by atoms with Crippen molar-refractivity contribution in [2.75, 3.05) is 17.6 Å². The standard InChI is InChI=1S/C15H17N7/c16-8-11-5-6-14(20-10-11)19-7-3-1-2-4-13-12(9-17)15(18)22-21-13/h5-6,10H,1-4,7H2,(H,19,20)(H3,18,21,22). The van der Waals surface area contributed by atoms with Crippen LogP contribution in [0.15, 0.2) is 18.3 Å². The first-order valence-electron chi connectivity index (χ1n) is 7.07. The fourth-order valence-electron chi connectivity index (χ4n) is 2.08. The number of hydrogen-bond acceptors (Lipinski definition) is 6. The van der Waals surface area contributed by atoms with Crippen LogP contribution in [0.4, 0.5) is 11.6 Å². The minimum atomic E-state index is 0.269. The molecule has 0 radical (unpaired) electrons. The maximum atomic E-state index is 8.97. The number of nitrogens with two attached hydrogens (primary N) is 1. The van der Waals surface area contributed by atoms with Gasteiger partial charge >= 0.3 is 0 Å². The summed E-state index contributed by atoms with van der Waals surface area (Å²) in [5, 5.41) is 27.5. The number of aromatic nitrogens is 3. The molecule has 0 saturated carbocycles. The van der Waals surface area contributed by atoms with Crippen molar-refractivity contribution in [3.8, 4) is 12.1 Å². The second-order valence-corrected chi connectivity index (χ2v) is 4.86. The zero-order valence-electron chi connectivity index (χ0n) is 12.1. The highest BCUT2D eigenvalue weighted by molar-refractivity contribution is 5.50. The van der Waals surface area contributed by atoms with E-state index in [2.05, 4.69) is 26.6 Å². The monoisotopic (exact) mass is 295 g/mol. The largest absolute Gasteiger partial charge is 0.381 e. The topological polar surface area (TPSA) is 127 Å². The first kappa shape index (κ1) is 15.3. The van der Waals surface area contributed by atoms with Gasteiger partial charge in [0.15, 0.2) is 5.82 Å². The van der Waals surface area contributed by atoms with Gasteiger partial charge in [0.2, 0.25) is 0 Å². The van der Waals surface area contributed by atoms with Crippen molar-refractivity contribution in [1.29, 1.82) is 10.5 Å². The Labute approximate surface area is 128 Å². The smallest absolute Gasteiger partial charge is 0.163 e. The molecule has 2 rings (SSSR count). The molecule has 0 atom stereocenters. The Morgan fingerprint density at radius 3 is 2.73 bits per heavy atom. The Kier molecular flexibility index (Phi) is 5.33. The van der Waals surface area contributed by atoms with Gasteiger partial charge in [-0.1, -0.05) is 6.42 Å². The predicted molar refractivity (Wildman–Crippen MR) is 82.7 cm³/mol. The second-order valence-electron chi connectivity index (χ2n) is 4.86. The van der Waals surface area contributed by atoms with Crippen molar-refractivity contribution >= 4 is 11.6 Å². The van der Waals surface area contributed by atoms with E-state index in [4.69, 9.17) is 16.3 Å². The highest BCUT2D eigenvalue weighted by Crippen LogP contribution is 2.14. The quantitative estimate of drug-likeness (QED) is 0.670. The first-order chi connectivity index (χ1) is 10.7. The molecule has 0 bridgehead atoms. The van der Waals surface area contributed by atoms with Gasteiger partial charge in [0, 0.05) is 12.7 Å². The van der Waals surface area contributed by atoms with E-state index in [9.17, 15) is 0 Å². The molecule has 0 unspecified atom stereocenters. The van der Waals surface area contributed by atoms with Crippen molar-refractivity contribution in [2.24, 2.45) is 0 Å². The number of hydrogen-bond donors (Lipinski definition) is 3. The molecular formula is C15H17N7. The van der Waals surface area contributed by atoms with E-state index in [-0.39, 0.29) is 5.82 Å². The third-order valence-electron chi connectivity index (χ3n) is 3.28. The number of H-pyrrole nitrogens is 1. The highest BCUT2D eigenvalue weighted by Gasteiger charge is 2.09. The van der Waals surface area contributed by atoms with Crippen molar-refractivity contribution in [2.45, 2.75) is 25.7 Å². The van der Waals surface area contributed by atoms with E-state index in [1.165, 1.54) is 0 Å². The van der Waals surface area contributed by atoms with E-state index < -0.39 is 0 Å². The van der Waals surface area contributed by atoms with Crippen LogP contribution in [0.1, 0.15) is 36.1 Å². The van der Waals surface area contributed by atoms with Crippen molar-refractivity contribution in [1.82, 2.24) is 15.2 Å². The molecule has 112 valence electrons. The summed E-state index contributed by atoms with van der Waals surface area (Å²) in [6.45, 7) is 0.815. The number of rotatable bonds is 7. The zero-order chi connectivity index (χ0) is 15.8. The maximum Gasteiger partial charge on any atom is 0.163 e. The van der Waals surface area contributed by atoms with Gasteiger partial charge in [-0.05, 0) is 31.4 Å². The molecule has 0 saturated heterocycles. The average molecular weight is 295 g/mol. The molecule has 22 heavy (non-hydrogen) atoms. The van der Waals surface area contributed by atoms with Crippen LogP contribution in [0.3, 0.4) is 0 Å². The van der Waals surface area contributed by atoms with Gasteiger partial charge in [-0.2, -0.15) is 15.6 Å². The van der Waals surface area contributed by atoms with Crippen LogP contribution in [0.5, 0.6) is 0 Å². The Morgan fingerprint density at radius 1 is 1.18 bits per heavy atom. The van der Waals surface area contributed by atoms with Gasteiger partial charge in [-0.25, -0.2) is 4.98 Å². The van der Waals surface area contributed by atoms with Gasteiger partial charge in [0.1, 0.15) is 23.5 Å². The van der Waals surface area contributed by atoms with Crippen LogP contribution in [0.2, 0.25) is 0 Å². The summed E-state index contributed by atoms with van der Waals surface area (Å²) < 4.78 is 0. The molecule has 0 fully saturated rings. The number of anilines is 2. The third kappa shape index (κ3) is 3.97. The lowest BCUT2D eigenvalue weighted by Gasteiger charge is -2.05. The lowest BCUT2D eigenvalue weighted by Crippen LogP contribution is -2.03. The molecule has 0 spiro atoms. The number of pyridine rings is 1.